The molecule has 5 rings (SSSR count). The van der Waals surface area contributed by atoms with Crippen molar-refractivity contribution in [3.8, 4) is 0 Å². The van der Waals surface area contributed by atoms with E-state index in [0.717, 1.165) is 57.3 Å². The number of carbonyl (C=O) groups excluding carboxylic acids is 2. The minimum atomic E-state index is -4.44. The molecule has 4 aliphatic rings. The normalized spacial score (nSPS) is 36.3. The average Bonchev–Trinajstić information content (AvgIpc) is 3.59. The second kappa shape index (κ2) is 9.67. The van der Waals surface area contributed by atoms with E-state index in [1.54, 1.807) is 0 Å². The lowest BCUT2D eigenvalue weighted by molar-refractivity contribution is -0.137. The Balaban J connectivity index is 1.37. The van der Waals surface area contributed by atoms with E-state index in [4.69, 9.17) is 0 Å². The number of nitrogens with one attached hydrogen (secondary N) is 2. The fourth-order valence-corrected chi connectivity index (χ4v) is 8.68. The van der Waals surface area contributed by atoms with Gasteiger partial charge in [0.15, 0.2) is 0 Å². The lowest BCUT2D eigenvalue weighted by atomic mass is 9.44. The van der Waals surface area contributed by atoms with Gasteiger partial charge in [-0.25, -0.2) is 4.79 Å². The minimum Gasteiger partial charge on any atom is -0.349 e. The molecule has 9 heteroatoms. The molecule has 6 atom stereocenters. The molecule has 1 saturated heterocycles. The molecule has 6 nitrogen and oxygen atoms in total. The molecule has 1 aromatic carbocycles. The molecule has 1 heterocycles. The lowest BCUT2D eigenvalue weighted by Crippen LogP contribution is -2.63. The van der Waals surface area contributed by atoms with E-state index >= 15 is 0 Å². The summed E-state index contributed by atoms with van der Waals surface area (Å²) in [7, 11) is 2.07. The number of amides is 3. The molecule has 216 valence electrons. The van der Waals surface area contributed by atoms with Gasteiger partial charge in [-0.15, -0.1) is 0 Å². The zero-order valence-corrected chi connectivity index (χ0v) is 23.8. The summed E-state index contributed by atoms with van der Waals surface area (Å²) >= 11 is 0. The fraction of sp³-hybridized carbons (Fsp3) is 0.733. The maximum absolute atomic E-state index is 13.3. The predicted molar refractivity (Wildman–Crippen MR) is 144 cm³/mol. The first-order chi connectivity index (χ1) is 18.2. The van der Waals surface area contributed by atoms with Crippen LogP contribution in [0.15, 0.2) is 24.3 Å². The lowest BCUT2D eigenvalue weighted by Gasteiger charge is -2.62. The third kappa shape index (κ3) is 4.82. The quantitative estimate of drug-likeness (QED) is 0.532. The van der Waals surface area contributed by atoms with Crippen LogP contribution >= 0.6 is 0 Å². The van der Waals surface area contributed by atoms with E-state index in [0.29, 0.717) is 19.0 Å². The molecule has 3 unspecified atom stereocenters. The van der Waals surface area contributed by atoms with Crippen LogP contribution in [0.3, 0.4) is 0 Å². The molecular formula is C30H43F3N4O2. The van der Waals surface area contributed by atoms with Crippen LogP contribution in [0.1, 0.15) is 75.7 Å². The highest BCUT2D eigenvalue weighted by atomic mass is 19.4. The van der Waals surface area contributed by atoms with Crippen LogP contribution in [0.4, 0.5) is 18.0 Å². The Hall–Kier alpha value is -2.29. The summed E-state index contributed by atoms with van der Waals surface area (Å²) in [5.74, 6) is 0.208. The number of piperazine rings is 1. The zero-order chi connectivity index (χ0) is 28.4. The van der Waals surface area contributed by atoms with Gasteiger partial charge in [0.2, 0.25) is 0 Å². The summed E-state index contributed by atoms with van der Waals surface area (Å²) in [4.78, 5) is 30.7. The topological polar surface area (TPSA) is 64.7 Å². The smallest absolute Gasteiger partial charge is 0.349 e. The van der Waals surface area contributed by atoms with Gasteiger partial charge in [-0.2, -0.15) is 13.2 Å². The summed E-state index contributed by atoms with van der Waals surface area (Å²) in [6.45, 7) is 12.5. The van der Waals surface area contributed by atoms with Crippen LogP contribution in [-0.4, -0.2) is 67.0 Å². The van der Waals surface area contributed by atoms with Crippen molar-refractivity contribution in [1.29, 1.82) is 0 Å². The highest BCUT2D eigenvalue weighted by Crippen LogP contribution is 2.75. The maximum atomic E-state index is 13.3. The third-order valence-electron chi connectivity index (χ3n) is 11.1. The monoisotopic (exact) mass is 548 g/mol. The fourth-order valence-electron chi connectivity index (χ4n) is 8.68. The van der Waals surface area contributed by atoms with E-state index in [9.17, 15) is 22.8 Å². The van der Waals surface area contributed by atoms with Gasteiger partial charge in [0, 0.05) is 49.2 Å². The number of benzene rings is 1. The van der Waals surface area contributed by atoms with E-state index in [-0.39, 0.29) is 51.7 Å². The largest absolute Gasteiger partial charge is 0.416 e. The SMILES string of the molecule is C[C@@H]1[C@H](NC(=O)N2CCN(C)CC2)CC2C(C)(C)CCC[C@]2(C)C12CC2NC(=O)c1ccc(C(F)(F)F)cc1. The molecule has 3 aliphatic carbocycles. The number of hydrogen-bond acceptors (Lipinski definition) is 3. The Kier molecular flexibility index (Phi) is 7.00. The standard InChI is InChI=1S/C30H43F3N4O2/c1-19-22(34-26(39)37-15-13-36(5)14-16-37)17-23-27(2,3)11-6-12-28(23,4)29(19)18-24(29)35-25(38)20-7-9-21(10-8-20)30(31,32)33/h7-10,19,22-24H,6,11-18H2,1-5H3,(H,34,39)(H,35,38)/t19-,22-,23?,24?,28+,29?/m1/s1. The van der Waals surface area contributed by atoms with Crippen molar-refractivity contribution in [3.05, 3.63) is 35.4 Å². The Morgan fingerprint density at radius 3 is 2.23 bits per heavy atom. The maximum Gasteiger partial charge on any atom is 0.416 e. The summed E-state index contributed by atoms with van der Waals surface area (Å²) in [5.41, 5.74) is -0.585. The van der Waals surface area contributed by atoms with E-state index in [1.165, 1.54) is 12.1 Å². The molecule has 0 bridgehead atoms. The molecule has 1 spiro atoms. The second-order valence-corrected chi connectivity index (χ2v) is 13.5. The van der Waals surface area contributed by atoms with Crippen LogP contribution in [0.25, 0.3) is 0 Å². The number of fused-ring (bicyclic) bond motifs is 2. The molecule has 1 aliphatic heterocycles. The van der Waals surface area contributed by atoms with E-state index in [2.05, 4.69) is 50.3 Å². The molecule has 1 aromatic rings. The van der Waals surface area contributed by atoms with Gasteiger partial charge in [0.25, 0.3) is 5.91 Å². The summed E-state index contributed by atoms with van der Waals surface area (Å²) in [6, 6.07) is 4.36. The molecular weight excluding hydrogens is 505 g/mol. The number of rotatable bonds is 3. The van der Waals surface area contributed by atoms with Crippen molar-refractivity contribution < 1.29 is 22.8 Å². The van der Waals surface area contributed by atoms with Crippen LogP contribution in [0, 0.1) is 28.1 Å². The van der Waals surface area contributed by atoms with Crippen molar-refractivity contribution in [2.75, 3.05) is 33.2 Å². The van der Waals surface area contributed by atoms with E-state index < -0.39 is 11.7 Å². The molecule has 4 fully saturated rings. The number of likely N-dealkylation sites (N-methyl/N-ethyl adjacent to an activating group) is 1. The summed E-state index contributed by atoms with van der Waals surface area (Å²) in [5, 5.41) is 6.61. The number of nitrogens with zero attached hydrogens (tertiary/aromatic N) is 2. The zero-order valence-electron chi connectivity index (χ0n) is 23.8. The van der Waals surface area contributed by atoms with E-state index in [1.807, 2.05) is 4.90 Å². The van der Waals surface area contributed by atoms with Gasteiger partial charge in [-0.1, -0.05) is 34.1 Å². The van der Waals surface area contributed by atoms with Gasteiger partial charge in [-0.05, 0) is 79.7 Å². The number of halogens is 3. The van der Waals surface area contributed by atoms with Crippen molar-refractivity contribution in [2.45, 2.75) is 78.1 Å². The first kappa shape index (κ1) is 28.2. The van der Waals surface area contributed by atoms with Crippen LogP contribution in [-0.2, 0) is 6.18 Å². The van der Waals surface area contributed by atoms with Gasteiger partial charge < -0.3 is 20.4 Å². The summed E-state index contributed by atoms with van der Waals surface area (Å²) in [6.07, 6.45) is 0.660. The highest BCUT2D eigenvalue weighted by Gasteiger charge is 2.74. The van der Waals surface area contributed by atoms with Crippen LogP contribution in [0.2, 0.25) is 0 Å². The van der Waals surface area contributed by atoms with Gasteiger partial charge in [0.05, 0.1) is 5.56 Å². The molecule has 2 N–H and O–H groups in total. The number of hydrogen-bond donors (Lipinski definition) is 2. The average molecular weight is 549 g/mol. The third-order valence-corrected chi connectivity index (χ3v) is 11.1. The van der Waals surface area contributed by atoms with Gasteiger partial charge in [0.1, 0.15) is 0 Å². The van der Waals surface area contributed by atoms with Crippen molar-refractivity contribution in [2.24, 2.45) is 28.1 Å². The van der Waals surface area contributed by atoms with Gasteiger partial charge >= 0.3 is 12.2 Å². The number of carbonyl (C=O) groups is 2. The first-order valence-corrected chi connectivity index (χ1v) is 14.4. The molecule has 3 saturated carbocycles. The summed E-state index contributed by atoms with van der Waals surface area (Å²) < 4.78 is 39.0. The molecule has 3 amide bonds. The molecule has 39 heavy (non-hydrogen) atoms. The molecule has 0 radical (unpaired) electrons. The Morgan fingerprint density at radius 2 is 1.62 bits per heavy atom. The minimum absolute atomic E-state index is 0.000534. The first-order valence-electron chi connectivity index (χ1n) is 14.4. The number of urea groups is 1. The Morgan fingerprint density at radius 1 is 0.974 bits per heavy atom. The highest BCUT2D eigenvalue weighted by molar-refractivity contribution is 5.94. The van der Waals surface area contributed by atoms with Crippen molar-refractivity contribution in [3.63, 3.8) is 0 Å². The van der Waals surface area contributed by atoms with Crippen molar-refractivity contribution in [1.82, 2.24) is 20.4 Å². The van der Waals surface area contributed by atoms with Crippen LogP contribution in [0.5, 0.6) is 0 Å². The molecule has 0 aromatic heterocycles. The predicted octanol–water partition coefficient (Wildman–Crippen LogP) is 5.39. The number of alkyl halides is 3. The van der Waals surface area contributed by atoms with Crippen molar-refractivity contribution >= 4 is 11.9 Å². The Labute approximate surface area is 230 Å². The van der Waals surface area contributed by atoms with Gasteiger partial charge in [-0.3, -0.25) is 4.79 Å². The second-order valence-electron chi connectivity index (χ2n) is 13.5. The Bertz CT molecular complexity index is 1100. The van der Waals surface area contributed by atoms with Crippen LogP contribution < -0.4 is 10.6 Å².